The molecule has 8 heteroatoms. The third-order valence-electron chi connectivity index (χ3n) is 5.69. The lowest BCUT2D eigenvalue weighted by molar-refractivity contribution is -0.117. The Morgan fingerprint density at radius 2 is 1.82 bits per heavy atom. The molecule has 0 saturated carbocycles. The van der Waals surface area contributed by atoms with Gasteiger partial charge in [-0.25, -0.2) is 4.39 Å². The number of furan rings is 1. The number of Topliss-reactive ketones (excluding diaryl/α,β-unsaturated/α-hetero) is 1. The van der Waals surface area contributed by atoms with Gasteiger partial charge < -0.3 is 14.3 Å². The van der Waals surface area contributed by atoms with Crippen molar-refractivity contribution in [2.45, 2.75) is 6.04 Å². The molecule has 1 aromatic heterocycles. The number of halogens is 2. The van der Waals surface area contributed by atoms with Crippen LogP contribution in [-0.2, 0) is 4.79 Å². The Morgan fingerprint density at radius 3 is 2.56 bits per heavy atom. The molecule has 170 valence electrons. The van der Waals surface area contributed by atoms with Gasteiger partial charge in [-0.15, -0.1) is 0 Å². The number of hydrogen-bond donors (Lipinski definition) is 1. The number of para-hydroxylation sites is 1. The number of ether oxygens (including phenoxy) is 1. The van der Waals surface area contributed by atoms with Gasteiger partial charge in [-0.05, 0) is 54.6 Å². The fourth-order valence-electron chi connectivity index (χ4n) is 4.15. The molecule has 1 amide bonds. The molecule has 0 bridgehead atoms. The Hall–Kier alpha value is -4.10. The summed E-state index contributed by atoms with van der Waals surface area (Å²) in [4.78, 5) is 28.1. The van der Waals surface area contributed by atoms with Gasteiger partial charge in [0.15, 0.2) is 11.5 Å². The average Bonchev–Trinajstić information content (AvgIpc) is 3.37. The van der Waals surface area contributed by atoms with Crippen molar-refractivity contribution in [2.75, 3.05) is 12.0 Å². The highest BCUT2D eigenvalue weighted by molar-refractivity contribution is 6.31. The minimum Gasteiger partial charge on any atom is -0.503 e. The molecule has 2 heterocycles. The highest BCUT2D eigenvalue weighted by atomic mass is 35.5. The monoisotopic (exact) mass is 477 g/mol. The number of methoxy groups -OCH3 is 1. The minimum atomic E-state index is -1.04. The van der Waals surface area contributed by atoms with E-state index in [2.05, 4.69) is 0 Å². The number of aliphatic hydroxyl groups is 1. The Labute approximate surface area is 198 Å². The van der Waals surface area contributed by atoms with Crippen LogP contribution in [0.5, 0.6) is 5.75 Å². The second-order valence-electron chi connectivity index (χ2n) is 7.68. The summed E-state index contributed by atoms with van der Waals surface area (Å²) in [5, 5.41) is 12.0. The van der Waals surface area contributed by atoms with Crippen molar-refractivity contribution in [1.29, 1.82) is 0 Å². The Morgan fingerprint density at radius 1 is 1.09 bits per heavy atom. The van der Waals surface area contributed by atoms with E-state index in [0.717, 1.165) is 0 Å². The van der Waals surface area contributed by atoms with Crippen LogP contribution in [0.15, 0.2) is 88.5 Å². The van der Waals surface area contributed by atoms with E-state index < -0.39 is 29.3 Å². The molecule has 1 atom stereocenters. The fraction of sp³-hybridized carbons (Fsp3) is 0.0769. The molecule has 6 nitrogen and oxygen atoms in total. The van der Waals surface area contributed by atoms with Crippen molar-refractivity contribution in [3.8, 4) is 5.75 Å². The molecule has 0 radical (unpaired) electrons. The van der Waals surface area contributed by atoms with E-state index in [1.54, 1.807) is 42.5 Å². The van der Waals surface area contributed by atoms with Crippen LogP contribution in [0.4, 0.5) is 10.1 Å². The molecule has 0 saturated heterocycles. The summed E-state index contributed by atoms with van der Waals surface area (Å²) >= 11 is 6.04. The van der Waals surface area contributed by atoms with Gasteiger partial charge in [-0.1, -0.05) is 29.8 Å². The first-order chi connectivity index (χ1) is 16.4. The lowest BCUT2D eigenvalue weighted by Gasteiger charge is -2.27. The van der Waals surface area contributed by atoms with Crippen molar-refractivity contribution >= 4 is 39.9 Å². The van der Waals surface area contributed by atoms with Crippen LogP contribution < -0.4 is 9.64 Å². The van der Waals surface area contributed by atoms with E-state index >= 15 is 0 Å². The van der Waals surface area contributed by atoms with Gasteiger partial charge >= 0.3 is 0 Å². The first-order valence-electron chi connectivity index (χ1n) is 10.3. The van der Waals surface area contributed by atoms with E-state index in [4.69, 9.17) is 20.8 Å². The molecule has 0 fully saturated rings. The summed E-state index contributed by atoms with van der Waals surface area (Å²) in [6.07, 6.45) is 0. The van der Waals surface area contributed by atoms with Gasteiger partial charge in [0, 0.05) is 21.7 Å². The van der Waals surface area contributed by atoms with Crippen LogP contribution in [0.1, 0.15) is 22.2 Å². The number of hydrogen-bond acceptors (Lipinski definition) is 5. The molecule has 1 N–H and O–H groups in total. The Bertz CT molecular complexity index is 1470. The number of anilines is 1. The van der Waals surface area contributed by atoms with Crippen molar-refractivity contribution in [3.05, 3.63) is 106 Å². The van der Waals surface area contributed by atoms with Gasteiger partial charge in [-0.2, -0.15) is 0 Å². The maximum Gasteiger partial charge on any atom is 0.294 e. The SMILES string of the molecule is COc1ccccc1C1C(C(=O)c2cc3cc(Cl)ccc3o2)=C(O)C(=O)N1c1ccc(F)cc1. The van der Waals surface area contributed by atoms with Gasteiger partial charge in [0.05, 0.1) is 18.7 Å². The summed E-state index contributed by atoms with van der Waals surface area (Å²) in [7, 11) is 1.46. The van der Waals surface area contributed by atoms with Crippen LogP contribution in [-0.4, -0.2) is 23.9 Å². The zero-order valence-electron chi connectivity index (χ0n) is 17.8. The van der Waals surface area contributed by atoms with E-state index in [0.29, 0.717) is 33.0 Å². The van der Waals surface area contributed by atoms with Crippen LogP contribution in [0.25, 0.3) is 11.0 Å². The normalized spacial score (nSPS) is 15.9. The number of benzene rings is 3. The number of carbonyl (C=O) groups excluding carboxylic acids is 2. The van der Waals surface area contributed by atoms with E-state index in [1.165, 1.54) is 42.3 Å². The van der Waals surface area contributed by atoms with Crippen LogP contribution in [0.3, 0.4) is 0 Å². The second-order valence-corrected chi connectivity index (χ2v) is 8.12. The van der Waals surface area contributed by atoms with E-state index in [-0.39, 0.29) is 11.3 Å². The maximum atomic E-state index is 13.6. The van der Waals surface area contributed by atoms with Crippen molar-refractivity contribution in [3.63, 3.8) is 0 Å². The van der Waals surface area contributed by atoms with Gasteiger partial charge in [-0.3, -0.25) is 14.5 Å². The molecule has 1 unspecified atom stereocenters. The van der Waals surface area contributed by atoms with Gasteiger partial charge in [0.25, 0.3) is 5.91 Å². The standard InChI is InChI=1S/C26H17ClFNO5/c1-33-20-5-3-2-4-18(20)23-22(24(30)21-13-14-12-15(27)6-11-19(14)34-21)25(31)26(32)29(23)17-9-7-16(28)8-10-17/h2-13,23,31H,1H3. The van der Waals surface area contributed by atoms with Crippen molar-refractivity contribution in [2.24, 2.45) is 0 Å². The minimum absolute atomic E-state index is 0.0625. The lowest BCUT2D eigenvalue weighted by Crippen LogP contribution is -2.31. The van der Waals surface area contributed by atoms with Crippen LogP contribution in [0, 0.1) is 5.82 Å². The number of fused-ring (bicyclic) bond motifs is 1. The average molecular weight is 478 g/mol. The molecule has 1 aliphatic rings. The molecule has 3 aromatic carbocycles. The zero-order valence-corrected chi connectivity index (χ0v) is 18.5. The smallest absolute Gasteiger partial charge is 0.294 e. The third kappa shape index (κ3) is 3.50. The summed E-state index contributed by atoms with van der Waals surface area (Å²) in [5.41, 5.74) is 1.02. The van der Waals surface area contributed by atoms with Gasteiger partial charge in [0.2, 0.25) is 5.78 Å². The summed E-state index contributed by atoms with van der Waals surface area (Å²) in [6.45, 7) is 0. The van der Waals surface area contributed by atoms with Crippen LogP contribution >= 0.6 is 11.6 Å². The molecule has 1 aliphatic heterocycles. The van der Waals surface area contributed by atoms with Crippen molar-refractivity contribution in [1.82, 2.24) is 0 Å². The number of ketones is 1. The molecule has 34 heavy (non-hydrogen) atoms. The summed E-state index contributed by atoms with van der Waals surface area (Å²) in [5.74, 6) is -2.33. The zero-order chi connectivity index (χ0) is 24.0. The summed E-state index contributed by atoms with van der Waals surface area (Å²) < 4.78 is 24.8. The largest absolute Gasteiger partial charge is 0.503 e. The Balaban J connectivity index is 1.69. The first-order valence-corrected chi connectivity index (χ1v) is 10.7. The first kappa shape index (κ1) is 21.7. The number of rotatable bonds is 5. The predicted octanol–water partition coefficient (Wildman–Crippen LogP) is 6.02. The molecule has 0 spiro atoms. The van der Waals surface area contributed by atoms with Gasteiger partial charge in [0.1, 0.15) is 17.1 Å². The molecular weight excluding hydrogens is 461 g/mol. The molecular formula is C26H17ClFNO5. The van der Waals surface area contributed by atoms with Crippen LogP contribution in [0.2, 0.25) is 5.02 Å². The Kier molecular flexibility index (Phi) is 5.34. The number of aliphatic hydroxyl groups excluding tert-OH is 1. The third-order valence-corrected chi connectivity index (χ3v) is 5.93. The van der Waals surface area contributed by atoms with Crippen molar-refractivity contribution < 1.29 is 28.2 Å². The molecule has 0 aliphatic carbocycles. The second kappa shape index (κ2) is 8.35. The van der Waals surface area contributed by atoms with E-state index in [1.807, 2.05) is 0 Å². The number of amides is 1. The number of nitrogens with zero attached hydrogens (tertiary/aromatic N) is 1. The van der Waals surface area contributed by atoms with E-state index in [9.17, 15) is 19.1 Å². The quantitative estimate of drug-likeness (QED) is 0.356. The highest BCUT2D eigenvalue weighted by Gasteiger charge is 2.46. The fourth-order valence-corrected chi connectivity index (χ4v) is 4.33. The molecule has 5 rings (SSSR count). The summed E-state index contributed by atoms with van der Waals surface area (Å²) in [6, 6.07) is 17.4. The molecule has 4 aromatic rings. The number of carbonyl (C=O) groups is 2. The topological polar surface area (TPSA) is 80.0 Å². The maximum absolute atomic E-state index is 13.6. The highest BCUT2D eigenvalue weighted by Crippen LogP contribution is 2.45. The lowest BCUT2D eigenvalue weighted by atomic mass is 9.94. The predicted molar refractivity (Wildman–Crippen MR) is 125 cm³/mol.